The van der Waals surface area contributed by atoms with Crippen molar-refractivity contribution in [2.75, 3.05) is 62.1 Å². The number of halogens is 1. The first-order chi connectivity index (χ1) is 18.4. The first-order valence-electron chi connectivity index (χ1n) is 12.5. The van der Waals surface area contributed by atoms with Crippen LogP contribution in [0.3, 0.4) is 0 Å². The molecule has 1 atom stereocenters. The maximum Gasteiger partial charge on any atom is 0.409 e. The number of fused-ring (bicyclic) bond motifs is 1. The second-order valence-corrected chi connectivity index (χ2v) is 10.6. The van der Waals surface area contributed by atoms with Crippen molar-refractivity contribution in [3.05, 3.63) is 70.8 Å². The van der Waals surface area contributed by atoms with Gasteiger partial charge in [0, 0.05) is 63.9 Å². The van der Waals surface area contributed by atoms with Crippen LogP contribution in [0, 0.1) is 0 Å². The Hall–Kier alpha value is -3.11. The summed E-state index contributed by atoms with van der Waals surface area (Å²) in [7, 11) is 4.48. The molecule has 38 heavy (non-hydrogen) atoms. The molecule has 2 aromatic rings. The van der Waals surface area contributed by atoms with Crippen LogP contribution in [0.25, 0.3) is 0 Å². The molecule has 2 amide bonds. The summed E-state index contributed by atoms with van der Waals surface area (Å²) in [5.41, 5.74) is 3.16. The maximum atomic E-state index is 13.5. The normalized spacial score (nSPS) is 15.4. The lowest BCUT2D eigenvalue weighted by molar-refractivity contribution is 0.0989. The standard InChI is InChI=1S/C27H32BClN4O4S/c1-31-12-13-33(26(34)21-18-30-25(29)17-23(21)31)19-6-4-7-20(16-19)37-24(22-8-5-10-28-22)9-11-32(2)27(35)36-14-15-38-3/h4-8,10,16-18,24,28H,9,11-15H2,1-3H3/t24-/m0/s1. The molecule has 2 aliphatic heterocycles. The van der Waals surface area contributed by atoms with E-state index in [4.69, 9.17) is 21.1 Å². The van der Waals surface area contributed by atoms with E-state index in [0.717, 1.165) is 29.9 Å². The molecule has 3 heterocycles. The Labute approximate surface area is 233 Å². The van der Waals surface area contributed by atoms with E-state index in [-0.39, 0.29) is 18.1 Å². The highest BCUT2D eigenvalue weighted by Gasteiger charge is 2.27. The first kappa shape index (κ1) is 27.9. The Morgan fingerprint density at radius 1 is 1.32 bits per heavy atom. The number of anilines is 2. The molecule has 200 valence electrons. The Morgan fingerprint density at radius 3 is 2.92 bits per heavy atom. The van der Waals surface area contributed by atoms with Gasteiger partial charge in [0.15, 0.2) is 7.28 Å². The first-order valence-corrected chi connectivity index (χ1v) is 14.3. The van der Waals surface area contributed by atoms with E-state index < -0.39 is 0 Å². The molecule has 0 N–H and O–H groups in total. The van der Waals surface area contributed by atoms with Crippen LogP contribution in [0.1, 0.15) is 16.8 Å². The zero-order valence-corrected chi connectivity index (χ0v) is 23.5. The van der Waals surface area contributed by atoms with Crippen LogP contribution < -0.4 is 14.5 Å². The minimum absolute atomic E-state index is 0.133. The highest BCUT2D eigenvalue weighted by Crippen LogP contribution is 2.31. The van der Waals surface area contributed by atoms with E-state index in [1.807, 2.05) is 48.5 Å². The van der Waals surface area contributed by atoms with Gasteiger partial charge in [0.2, 0.25) is 0 Å². The number of benzene rings is 1. The number of aromatic nitrogens is 1. The van der Waals surface area contributed by atoms with Crippen LogP contribution in [0.5, 0.6) is 5.75 Å². The number of allylic oxidation sites excluding steroid dienone is 2. The summed E-state index contributed by atoms with van der Waals surface area (Å²) in [5, 5.41) is 0.355. The molecule has 8 nitrogen and oxygen atoms in total. The third-order valence-corrected chi connectivity index (χ3v) is 7.35. The summed E-state index contributed by atoms with van der Waals surface area (Å²) < 4.78 is 11.8. The fourth-order valence-electron chi connectivity index (χ4n) is 4.40. The van der Waals surface area contributed by atoms with Gasteiger partial charge >= 0.3 is 6.09 Å². The van der Waals surface area contributed by atoms with Gasteiger partial charge < -0.3 is 24.2 Å². The summed E-state index contributed by atoms with van der Waals surface area (Å²) >= 11 is 7.73. The largest absolute Gasteiger partial charge is 0.487 e. The van der Waals surface area contributed by atoms with Crippen molar-refractivity contribution in [3.63, 3.8) is 0 Å². The van der Waals surface area contributed by atoms with Crippen molar-refractivity contribution in [1.82, 2.24) is 9.88 Å². The van der Waals surface area contributed by atoms with Crippen LogP contribution in [-0.4, -0.2) is 87.6 Å². The van der Waals surface area contributed by atoms with E-state index in [9.17, 15) is 9.59 Å². The van der Waals surface area contributed by atoms with Gasteiger partial charge in [-0.25, -0.2) is 9.78 Å². The smallest absolute Gasteiger partial charge is 0.409 e. The monoisotopic (exact) mass is 554 g/mol. The van der Waals surface area contributed by atoms with Gasteiger partial charge in [0.05, 0.1) is 11.3 Å². The molecule has 0 radical (unpaired) electrons. The van der Waals surface area contributed by atoms with Crippen LogP contribution in [0.15, 0.2) is 60.1 Å². The Balaban J connectivity index is 1.48. The molecule has 0 spiro atoms. The highest BCUT2D eigenvalue weighted by molar-refractivity contribution is 7.98. The lowest BCUT2D eigenvalue weighted by Crippen LogP contribution is -2.34. The molecule has 0 fully saturated rings. The maximum absolute atomic E-state index is 13.5. The minimum Gasteiger partial charge on any atom is -0.487 e. The number of rotatable bonds is 10. The topological polar surface area (TPSA) is 75.2 Å². The average molecular weight is 555 g/mol. The Bertz CT molecular complexity index is 1230. The summed E-state index contributed by atoms with van der Waals surface area (Å²) in [4.78, 5) is 35.2. The second kappa shape index (κ2) is 13.1. The molecule has 0 saturated carbocycles. The number of ether oxygens (including phenoxy) is 2. The summed E-state index contributed by atoms with van der Waals surface area (Å²) in [6.07, 6.45) is 7.65. The zero-order chi connectivity index (χ0) is 27.1. The lowest BCUT2D eigenvalue weighted by atomic mass is 9.70. The number of likely N-dealkylation sites (N-methyl/N-ethyl adjacent to an activating group) is 1. The molecule has 0 aliphatic carbocycles. The number of nitrogens with zero attached hydrogens (tertiary/aromatic N) is 4. The van der Waals surface area contributed by atoms with Gasteiger partial charge in [-0.05, 0) is 24.5 Å². The van der Waals surface area contributed by atoms with E-state index in [2.05, 4.69) is 17.0 Å². The quantitative estimate of drug-likeness (QED) is 0.247. The number of amides is 2. The molecule has 0 unspecified atom stereocenters. The van der Waals surface area contributed by atoms with Crippen molar-refractivity contribution >= 4 is 54.0 Å². The molecule has 1 aromatic heterocycles. The van der Waals surface area contributed by atoms with Gasteiger partial charge in [-0.1, -0.05) is 35.3 Å². The molecule has 1 aromatic carbocycles. The molecule has 0 saturated heterocycles. The van der Waals surface area contributed by atoms with Crippen molar-refractivity contribution in [1.29, 1.82) is 0 Å². The van der Waals surface area contributed by atoms with Crippen LogP contribution in [-0.2, 0) is 4.74 Å². The van der Waals surface area contributed by atoms with Crippen molar-refractivity contribution in [2.45, 2.75) is 12.5 Å². The predicted molar refractivity (Wildman–Crippen MR) is 156 cm³/mol. The molecule has 0 bridgehead atoms. The summed E-state index contributed by atoms with van der Waals surface area (Å²) in [6.45, 7) is 2.03. The third-order valence-electron chi connectivity index (χ3n) is 6.57. The predicted octanol–water partition coefficient (Wildman–Crippen LogP) is 4.25. The zero-order valence-electron chi connectivity index (χ0n) is 21.9. The van der Waals surface area contributed by atoms with Crippen LogP contribution in [0.2, 0.25) is 5.15 Å². The molecular weight excluding hydrogens is 523 g/mol. The fraction of sp³-hybridized carbons (Fsp3) is 0.370. The minimum atomic E-state index is -0.334. The number of carbonyl (C=O) groups is 2. The summed E-state index contributed by atoms with van der Waals surface area (Å²) in [5.74, 6) is 3.38. The summed E-state index contributed by atoms with van der Waals surface area (Å²) in [6, 6.07) is 9.30. The van der Waals surface area contributed by atoms with Crippen LogP contribution in [0.4, 0.5) is 16.2 Å². The van der Waals surface area contributed by atoms with Crippen molar-refractivity contribution in [2.24, 2.45) is 0 Å². The number of hydrogen-bond acceptors (Lipinski definition) is 7. The van der Waals surface area contributed by atoms with E-state index in [1.165, 1.54) is 6.20 Å². The second-order valence-electron chi connectivity index (χ2n) is 9.20. The fourth-order valence-corrected chi connectivity index (χ4v) is 4.80. The Morgan fingerprint density at radius 2 is 2.16 bits per heavy atom. The van der Waals surface area contributed by atoms with Gasteiger partial charge in [0.1, 0.15) is 23.6 Å². The SMILES string of the molecule is CSCCOC(=O)N(C)CC[C@H](Oc1cccc(N2CCN(C)c3cc(Cl)ncc3C2=O)c1)C1=CC=CB1. The number of pyridine rings is 1. The number of hydrogen-bond donors (Lipinski definition) is 0. The van der Waals surface area contributed by atoms with Crippen LogP contribution >= 0.6 is 23.4 Å². The Kier molecular flexibility index (Phi) is 9.63. The average Bonchev–Trinajstić information content (AvgIpc) is 3.42. The number of thioether (sulfide) groups is 1. The van der Waals surface area contributed by atoms with E-state index in [0.29, 0.717) is 49.1 Å². The number of carbonyl (C=O) groups excluding carboxylic acids is 2. The molecular formula is C27H32BClN4O4S. The van der Waals surface area contributed by atoms with Gasteiger partial charge in [-0.15, -0.1) is 5.98 Å². The van der Waals surface area contributed by atoms with Crippen molar-refractivity contribution < 1.29 is 19.1 Å². The lowest BCUT2D eigenvalue weighted by Gasteiger charge is -2.25. The van der Waals surface area contributed by atoms with Gasteiger partial charge in [0.25, 0.3) is 5.91 Å². The van der Waals surface area contributed by atoms with E-state index in [1.54, 1.807) is 34.7 Å². The third kappa shape index (κ3) is 6.85. The van der Waals surface area contributed by atoms with Crippen molar-refractivity contribution in [3.8, 4) is 5.75 Å². The molecule has 2 aliphatic rings. The van der Waals surface area contributed by atoms with E-state index >= 15 is 0 Å². The highest BCUT2D eigenvalue weighted by atomic mass is 35.5. The van der Waals surface area contributed by atoms with Gasteiger partial charge in [-0.2, -0.15) is 11.8 Å². The van der Waals surface area contributed by atoms with Gasteiger partial charge in [-0.3, -0.25) is 4.79 Å². The molecule has 4 rings (SSSR count). The molecule has 11 heteroatoms.